The smallest absolute Gasteiger partial charge is 0.0317 e. The molecular formula is C15H21N. The van der Waals surface area contributed by atoms with Crippen molar-refractivity contribution in [3.63, 3.8) is 0 Å². The van der Waals surface area contributed by atoms with Gasteiger partial charge >= 0.3 is 0 Å². The van der Waals surface area contributed by atoms with Crippen LogP contribution in [0.5, 0.6) is 0 Å². The number of anilines is 1. The highest BCUT2D eigenvalue weighted by Gasteiger charge is 2.16. The van der Waals surface area contributed by atoms with Crippen LogP contribution in [0.1, 0.15) is 44.2 Å². The standard InChI is InChI=1S/C15H21N/c1-3-11(4-2)9-12-5-6-13-10-14(16)7-8-15(12)13/h7-11H,3-6,16H2,1-2H3/b12-9-. The van der Waals surface area contributed by atoms with Gasteiger partial charge < -0.3 is 5.73 Å². The van der Waals surface area contributed by atoms with Gasteiger partial charge in [-0.25, -0.2) is 0 Å². The predicted octanol–water partition coefficient (Wildman–Crippen LogP) is 4.03. The van der Waals surface area contributed by atoms with Gasteiger partial charge in [-0.05, 0) is 60.4 Å². The van der Waals surface area contributed by atoms with Crippen LogP contribution >= 0.6 is 0 Å². The third-order valence-electron chi connectivity index (χ3n) is 3.62. The second-order valence-corrected chi connectivity index (χ2v) is 4.69. The van der Waals surface area contributed by atoms with Gasteiger partial charge in [0.25, 0.3) is 0 Å². The van der Waals surface area contributed by atoms with Gasteiger partial charge in [-0.3, -0.25) is 0 Å². The van der Waals surface area contributed by atoms with E-state index >= 15 is 0 Å². The van der Waals surface area contributed by atoms with Crippen molar-refractivity contribution in [3.8, 4) is 0 Å². The summed E-state index contributed by atoms with van der Waals surface area (Å²) < 4.78 is 0. The summed E-state index contributed by atoms with van der Waals surface area (Å²) in [5.41, 5.74) is 11.1. The monoisotopic (exact) mass is 215 g/mol. The fourth-order valence-electron chi connectivity index (χ4n) is 2.52. The second kappa shape index (κ2) is 4.73. The van der Waals surface area contributed by atoms with Gasteiger partial charge in [0.15, 0.2) is 0 Å². The Hall–Kier alpha value is -1.24. The summed E-state index contributed by atoms with van der Waals surface area (Å²) >= 11 is 0. The van der Waals surface area contributed by atoms with E-state index in [0.717, 1.165) is 18.0 Å². The lowest BCUT2D eigenvalue weighted by Gasteiger charge is -2.09. The number of rotatable bonds is 3. The van der Waals surface area contributed by atoms with Gasteiger partial charge in [0.05, 0.1) is 0 Å². The zero-order chi connectivity index (χ0) is 11.5. The van der Waals surface area contributed by atoms with Crippen molar-refractivity contribution in [1.82, 2.24) is 0 Å². The molecule has 1 aliphatic carbocycles. The Balaban J connectivity index is 2.29. The zero-order valence-electron chi connectivity index (χ0n) is 10.3. The fraction of sp³-hybridized carbons (Fsp3) is 0.467. The van der Waals surface area contributed by atoms with Crippen LogP contribution in [0, 0.1) is 5.92 Å². The van der Waals surface area contributed by atoms with Crippen molar-refractivity contribution in [3.05, 3.63) is 35.4 Å². The number of fused-ring (bicyclic) bond motifs is 1. The lowest BCUT2D eigenvalue weighted by molar-refractivity contribution is 0.606. The van der Waals surface area contributed by atoms with Crippen LogP contribution in [-0.4, -0.2) is 0 Å². The number of allylic oxidation sites excluding steroid dienone is 2. The Bertz CT molecular complexity index is 400. The first-order chi connectivity index (χ1) is 7.74. The second-order valence-electron chi connectivity index (χ2n) is 4.69. The maximum absolute atomic E-state index is 5.81. The van der Waals surface area contributed by atoms with Gasteiger partial charge in [-0.15, -0.1) is 0 Å². The Kier molecular flexibility index (Phi) is 3.33. The molecular weight excluding hydrogens is 194 g/mol. The molecule has 0 saturated carbocycles. The number of benzene rings is 1. The molecule has 1 aromatic rings. The molecule has 0 bridgehead atoms. The molecule has 1 nitrogen and oxygen atoms in total. The first-order valence-corrected chi connectivity index (χ1v) is 6.34. The van der Waals surface area contributed by atoms with Crippen LogP contribution in [-0.2, 0) is 6.42 Å². The van der Waals surface area contributed by atoms with Gasteiger partial charge in [0, 0.05) is 5.69 Å². The molecule has 16 heavy (non-hydrogen) atoms. The lowest BCUT2D eigenvalue weighted by Crippen LogP contribution is -1.93. The van der Waals surface area contributed by atoms with Gasteiger partial charge in [-0.2, -0.15) is 0 Å². The summed E-state index contributed by atoms with van der Waals surface area (Å²) in [7, 11) is 0. The highest BCUT2D eigenvalue weighted by atomic mass is 14.5. The quantitative estimate of drug-likeness (QED) is 0.757. The Morgan fingerprint density at radius 3 is 2.69 bits per heavy atom. The van der Waals surface area contributed by atoms with Crippen LogP contribution in [0.3, 0.4) is 0 Å². The summed E-state index contributed by atoms with van der Waals surface area (Å²) in [6, 6.07) is 6.33. The summed E-state index contributed by atoms with van der Waals surface area (Å²) in [6.07, 6.45) is 7.30. The highest BCUT2D eigenvalue weighted by Crippen LogP contribution is 2.34. The number of hydrogen-bond acceptors (Lipinski definition) is 1. The van der Waals surface area contributed by atoms with Crippen LogP contribution in [0.2, 0.25) is 0 Å². The zero-order valence-corrected chi connectivity index (χ0v) is 10.3. The molecule has 1 aromatic carbocycles. The molecule has 0 fully saturated rings. The molecule has 86 valence electrons. The van der Waals surface area contributed by atoms with Crippen molar-refractivity contribution in [2.45, 2.75) is 39.5 Å². The molecule has 0 unspecified atom stereocenters. The Morgan fingerprint density at radius 1 is 1.25 bits per heavy atom. The van der Waals surface area contributed by atoms with Crippen molar-refractivity contribution < 1.29 is 0 Å². The van der Waals surface area contributed by atoms with E-state index < -0.39 is 0 Å². The molecule has 2 rings (SSSR count). The molecule has 0 saturated heterocycles. The number of nitrogens with two attached hydrogens (primary N) is 1. The van der Waals surface area contributed by atoms with E-state index in [2.05, 4.69) is 32.1 Å². The number of nitrogen functional groups attached to an aromatic ring is 1. The molecule has 1 heteroatoms. The number of aryl methyl sites for hydroxylation is 1. The minimum atomic E-state index is 0.735. The topological polar surface area (TPSA) is 26.0 Å². The molecule has 0 heterocycles. The van der Waals surface area contributed by atoms with E-state index in [4.69, 9.17) is 5.73 Å². The average Bonchev–Trinajstić information content (AvgIpc) is 2.68. The largest absolute Gasteiger partial charge is 0.399 e. The summed E-state index contributed by atoms with van der Waals surface area (Å²) in [6.45, 7) is 4.54. The van der Waals surface area contributed by atoms with E-state index in [1.54, 1.807) is 0 Å². The van der Waals surface area contributed by atoms with Gasteiger partial charge in [-0.1, -0.05) is 26.0 Å². The van der Waals surface area contributed by atoms with E-state index in [-0.39, 0.29) is 0 Å². The van der Waals surface area contributed by atoms with Crippen LogP contribution in [0.25, 0.3) is 5.57 Å². The first-order valence-electron chi connectivity index (χ1n) is 6.34. The van der Waals surface area contributed by atoms with E-state index in [9.17, 15) is 0 Å². The normalized spacial score (nSPS) is 17.1. The van der Waals surface area contributed by atoms with Crippen molar-refractivity contribution in [1.29, 1.82) is 0 Å². The maximum atomic E-state index is 5.81. The minimum absolute atomic E-state index is 0.735. The molecule has 2 N–H and O–H groups in total. The molecule has 0 radical (unpaired) electrons. The molecule has 0 spiro atoms. The molecule has 1 aliphatic rings. The van der Waals surface area contributed by atoms with E-state index in [1.165, 1.54) is 36.0 Å². The van der Waals surface area contributed by atoms with Gasteiger partial charge in [0.1, 0.15) is 0 Å². The van der Waals surface area contributed by atoms with Crippen molar-refractivity contribution in [2.75, 3.05) is 5.73 Å². The summed E-state index contributed by atoms with van der Waals surface area (Å²) in [5, 5.41) is 0. The molecule has 0 aliphatic heterocycles. The fourth-order valence-corrected chi connectivity index (χ4v) is 2.52. The first kappa shape index (κ1) is 11.3. The minimum Gasteiger partial charge on any atom is -0.399 e. The van der Waals surface area contributed by atoms with Crippen LogP contribution < -0.4 is 5.73 Å². The molecule has 0 atom stereocenters. The van der Waals surface area contributed by atoms with Crippen LogP contribution in [0.4, 0.5) is 5.69 Å². The van der Waals surface area contributed by atoms with Gasteiger partial charge in [0.2, 0.25) is 0 Å². The van der Waals surface area contributed by atoms with Crippen molar-refractivity contribution >= 4 is 11.3 Å². The average molecular weight is 215 g/mol. The molecule has 0 amide bonds. The molecule has 0 aromatic heterocycles. The summed E-state index contributed by atoms with van der Waals surface area (Å²) in [4.78, 5) is 0. The lowest BCUT2D eigenvalue weighted by atomic mass is 9.97. The highest BCUT2D eigenvalue weighted by molar-refractivity contribution is 5.74. The Labute approximate surface area is 98.4 Å². The Morgan fingerprint density at radius 2 is 2.00 bits per heavy atom. The van der Waals surface area contributed by atoms with Crippen LogP contribution in [0.15, 0.2) is 24.3 Å². The van der Waals surface area contributed by atoms with E-state index in [0.29, 0.717) is 0 Å². The third kappa shape index (κ3) is 2.13. The van der Waals surface area contributed by atoms with E-state index in [1.807, 2.05) is 6.07 Å². The van der Waals surface area contributed by atoms with Crippen molar-refractivity contribution in [2.24, 2.45) is 5.92 Å². The number of hydrogen-bond donors (Lipinski definition) is 1. The SMILES string of the molecule is CCC(/C=C1/CCc2cc(N)ccc21)CC. The predicted molar refractivity (Wildman–Crippen MR) is 71.2 cm³/mol. The third-order valence-corrected chi connectivity index (χ3v) is 3.62. The summed E-state index contributed by atoms with van der Waals surface area (Å²) in [5.74, 6) is 0.735. The maximum Gasteiger partial charge on any atom is 0.0317 e.